The van der Waals surface area contributed by atoms with Crippen LogP contribution in [0.15, 0.2) is 40.3 Å². The van der Waals surface area contributed by atoms with Crippen LogP contribution >= 0.6 is 0 Å². The number of allylic oxidation sites excluding steroid dienone is 3. The van der Waals surface area contributed by atoms with Crippen LogP contribution in [0, 0.1) is 29.6 Å². The molecule has 2 saturated carbocycles. The van der Waals surface area contributed by atoms with Crippen molar-refractivity contribution in [3.63, 3.8) is 0 Å². The van der Waals surface area contributed by atoms with Crippen molar-refractivity contribution >= 4 is 16.7 Å². The van der Waals surface area contributed by atoms with Gasteiger partial charge in [-0.05, 0) is 87.4 Å². The fourth-order valence-electron chi connectivity index (χ4n) is 9.84. The van der Waals surface area contributed by atoms with Gasteiger partial charge in [-0.15, -0.1) is 0 Å². The molecule has 36 heavy (non-hydrogen) atoms. The number of aliphatic hydroxyl groups is 2. The van der Waals surface area contributed by atoms with Crippen LogP contribution in [0.25, 0.3) is 16.7 Å². The summed E-state index contributed by atoms with van der Waals surface area (Å²) in [6.07, 6.45) is 9.20. The lowest BCUT2D eigenvalue weighted by molar-refractivity contribution is -0.248. The van der Waals surface area contributed by atoms with Crippen LogP contribution in [-0.2, 0) is 4.74 Å². The quantitative estimate of drug-likeness (QED) is 0.616. The van der Waals surface area contributed by atoms with Gasteiger partial charge in [0.2, 0.25) is 0 Å². The molecule has 6 heteroatoms. The summed E-state index contributed by atoms with van der Waals surface area (Å²) in [5.74, 6) is 1.42. The molecular formula is C30H36N2O4. The van der Waals surface area contributed by atoms with Crippen LogP contribution < -0.4 is 0 Å². The Hall–Kier alpha value is -1.99. The van der Waals surface area contributed by atoms with E-state index in [1.165, 1.54) is 16.7 Å². The van der Waals surface area contributed by atoms with E-state index in [2.05, 4.69) is 47.2 Å². The lowest BCUT2D eigenvalue weighted by Gasteiger charge is -2.59. The Kier molecular flexibility index (Phi) is 3.99. The first kappa shape index (κ1) is 22.0. The van der Waals surface area contributed by atoms with Crippen molar-refractivity contribution < 1.29 is 19.4 Å². The highest BCUT2D eigenvalue weighted by Gasteiger charge is 2.84. The van der Waals surface area contributed by atoms with Gasteiger partial charge in [-0.2, -0.15) is 0 Å². The molecule has 2 bridgehead atoms. The lowest BCUT2D eigenvalue weighted by atomic mass is 9.57. The average molecular weight is 489 g/mol. The van der Waals surface area contributed by atoms with Crippen molar-refractivity contribution in [2.45, 2.75) is 81.8 Å². The number of hydrogen-bond acceptors (Lipinski definition) is 6. The average Bonchev–Trinajstić information content (AvgIpc) is 3.13. The summed E-state index contributed by atoms with van der Waals surface area (Å²) in [6.45, 7) is 4.33. The summed E-state index contributed by atoms with van der Waals surface area (Å²) in [6, 6.07) is 6.35. The molecule has 2 N–H and O–H groups in total. The number of aryl methyl sites for hydroxylation is 1. The standard InChI is InChI=1S/C30H36N2O4/c1-16-31-21-13-17(5-7-23(21)35-16)18-6-8-24-27(18,2)10-9-19-20-14-29(20)26(34)25(33)22(32(3)4)15-28(29)11-12-30(19,24)36-28/h5-7,9,13,20,22,24-26,33-34H,8,10-12,14-15H2,1-4H3/t20?,22-,24?,25+,26-,27+,28+,29?,30+/m0/s1. The minimum Gasteiger partial charge on any atom is -0.441 e. The number of aromatic nitrogens is 1. The minimum absolute atomic E-state index is 0.00980. The van der Waals surface area contributed by atoms with Gasteiger partial charge < -0.3 is 24.3 Å². The first-order valence-corrected chi connectivity index (χ1v) is 13.7. The number of hydrogen-bond donors (Lipinski definition) is 2. The molecule has 2 saturated heterocycles. The van der Waals surface area contributed by atoms with Gasteiger partial charge in [-0.1, -0.05) is 25.1 Å². The van der Waals surface area contributed by atoms with Gasteiger partial charge in [0.1, 0.15) is 5.52 Å². The van der Waals surface area contributed by atoms with Crippen LogP contribution in [0.3, 0.4) is 0 Å². The molecule has 1 aromatic heterocycles. The van der Waals surface area contributed by atoms with E-state index in [1.54, 1.807) is 0 Å². The van der Waals surface area contributed by atoms with E-state index in [9.17, 15) is 10.2 Å². The molecular weight excluding hydrogens is 452 g/mol. The van der Waals surface area contributed by atoms with E-state index in [0.717, 1.165) is 49.6 Å². The molecule has 190 valence electrons. The number of aliphatic hydroxyl groups excluding tert-OH is 2. The Morgan fingerprint density at radius 3 is 2.75 bits per heavy atom. The molecule has 2 aliphatic heterocycles. The van der Waals surface area contributed by atoms with Gasteiger partial charge in [0, 0.05) is 29.7 Å². The molecule has 3 unspecified atom stereocenters. The highest BCUT2D eigenvalue weighted by molar-refractivity contribution is 5.82. The zero-order valence-electron chi connectivity index (χ0n) is 21.6. The van der Waals surface area contributed by atoms with Crippen molar-refractivity contribution in [2.24, 2.45) is 22.7 Å². The second-order valence-electron chi connectivity index (χ2n) is 13.1. The van der Waals surface area contributed by atoms with E-state index < -0.39 is 12.2 Å². The maximum atomic E-state index is 11.5. The number of nitrogens with zero attached hydrogens (tertiary/aromatic N) is 2. The maximum Gasteiger partial charge on any atom is 0.192 e. The number of fused-ring (bicyclic) bond motifs is 3. The summed E-state index contributed by atoms with van der Waals surface area (Å²) in [5, 5.41) is 22.6. The highest BCUT2D eigenvalue weighted by atomic mass is 16.5. The van der Waals surface area contributed by atoms with Gasteiger partial charge in [0.15, 0.2) is 11.5 Å². The van der Waals surface area contributed by atoms with E-state index >= 15 is 0 Å². The SMILES string of the molecule is Cc1nc2cc(C3=CCC4[C@]3(C)CC=C3C5CC56[C@@H](O)[C@H](O)[C@@H](N(C)C)C[C@]65CC[C@@]34O5)ccc2o1. The summed E-state index contributed by atoms with van der Waals surface area (Å²) in [4.78, 5) is 6.67. The van der Waals surface area contributed by atoms with Gasteiger partial charge in [0.25, 0.3) is 0 Å². The highest BCUT2D eigenvalue weighted by Crippen LogP contribution is 2.81. The number of benzene rings is 1. The number of oxazole rings is 1. The second kappa shape index (κ2) is 6.52. The van der Waals surface area contributed by atoms with E-state index in [4.69, 9.17) is 9.15 Å². The van der Waals surface area contributed by atoms with Crippen molar-refractivity contribution in [1.82, 2.24) is 9.88 Å². The predicted octanol–water partition coefficient (Wildman–Crippen LogP) is 4.24. The smallest absolute Gasteiger partial charge is 0.192 e. The Bertz CT molecular complexity index is 1380. The van der Waals surface area contributed by atoms with Crippen molar-refractivity contribution in [1.29, 1.82) is 0 Å². The Morgan fingerprint density at radius 1 is 1.11 bits per heavy atom. The number of rotatable bonds is 2. The van der Waals surface area contributed by atoms with Gasteiger partial charge in [0.05, 0.1) is 23.4 Å². The van der Waals surface area contributed by atoms with Crippen molar-refractivity contribution in [2.75, 3.05) is 14.1 Å². The summed E-state index contributed by atoms with van der Waals surface area (Å²) in [5.41, 5.74) is 4.91. The first-order chi connectivity index (χ1) is 17.2. The van der Waals surface area contributed by atoms with E-state index in [1.807, 2.05) is 21.0 Å². The molecule has 4 fully saturated rings. The van der Waals surface area contributed by atoms with E-state index in [-0.39, 0.29) is 28.1 Å². The normalized spacial score (nSPS) is 48.2. The predicted molar refractivity (Wildman–Crippen MR) is 136 cm³/mol. The fraction of sp³-hybridized carbons (Fsp3) is 0.633. The Labute approximate surface area is 212 Å². The molecule has 0 radical (unpaired) electrons. The molecule has 8 rings (SSSR count). The summed E-state index contributed by atoms with van der Waals surface area (Å²) < 4.78 is 13.2. The van der Waals surface area contributed by atoms with E-state index in [0.29, 0.717) is 17.7 Å². The molecule has 4 aliphatic carbocycles. The monoisotopic (exact) mass is 488 g/mol. The van der Waals surface area contributed by atoms with Gasteiger partial charge >= 0.3 is 0 Å². The summed E-state index contributed by atoms with van der Waals surface area (Å²) >= 11 is 0. The third kappa shape index (κ3) is 2.29. The first-order valence-electron chi connectivity index (χ1n) is 13.7. The molecule has 6 aliphatic rings. The van der Waals surface area contributed by atoms with Crippen LogP contribution in [0.1, 0.15) is 56.9 Å². The third-order valence-electron chi connectivity index (χ3n) is 11.5. The Balaban J connectivity index is 1.21. The molecule has 0 amide bonds. The number of likely N-dealkylation sites (N-methyl/N-ethyl adjacent to an activating group) is 1. The molecule has 2 aromatic rings. The molecule has 3 heterocycles. The minimum atomic E-state index is -0.733. The lowest BCUT2D eigenvalue weighted by Crippen LogP contribution is -2.67. The molecule has 6 nitrogen and oxygen atoms in total. The fourth-order valence-corrected chi connectivity index (χ4v) is 9.84. The molecule has 9 atom stereocenters. The molecule has 3 spiro atoms. The van der Waals surface area contributed by atoms with Gasteiger partial charge in [-0.3, -0.25) is 0 Å². The zero-order chi connectivity index (χ0) is 24.8. The molecule has 1 aromatic carbocycles. The topological polar surface area (TPSA) is 79.0 Å². The summed E-state index contributed by atoms with van der Waals surface area (Å²) in [7, 11) is 4.02. The third-order valence-corrected chi connectivity index (χ3v) is 11.5. The van der Waals surface area contributed by atoms with Crippen molar-refractivity contribution in [3.8, 4) is 0 Å². The zero-order valence-corrected chi connectivity index (χ0v) is 21.6. The second-order valence-corrected chi connectivity index (χ2v) is 13.1. The van der Waals surface area contributed by atoms with Crippen LogP contribution in [-0.4, -0.2) is 63.6 Å². The van der Waals surface area contributed by atoms with Gasteiger partial charge in [-0.25, -0.2) is 4.98 Å². The Morgan fingerprint density at radius 2 is 1.94 bits per heavy atom. The van der Waals surface area contributed by atoms with Crippen molar-refractivity contribution in [3.05, 3.63) is 47.4 Å². The van der Waals surface area contributed by atoms with Crippen LogP contribution in [0.4, 0.5) is 0 Å². The largest absolute Gasteiger partial charge is 0.441 e. The maximum absolute atomic E-state index is 11.5. The van der Waals surface area contributed by atoms with Crippen LogP contribution in [0.5, 0.6) is 0 Å². The van der Waals surface area contributed by atoms with Crippen LogP contribution in [0.2, 0.25) is 0 Å². The number of ether oxygens (including phenoxy) is 1.